The molecule has 8 rings (SSSR count). The van der Waals surface area contributed by atoms with Crippen LogP contribution in [0.4, 0.5) is 0 Å². The standard InChI is InChI=1S/C31H19N3O/c1-4-12-26-21(8-1)22-9-2-5-13-27(22)34(26)20-16-17-30-24(18-20)23-10-7-15-29(31(23)35-30)33-19-32-25-11-3-6-14-28(25)33/h1-19H. The van der Waals surface area contributed by atoms with Gasteiger partial charge >= 0.3 is 0 Å². The number of imidazole rings is 1. The SMILES string of the molecule is c1ccc2c(c1)ncn2-c1cccc2c1oc1ccc(-n3c4ccccc4c4ccccc43)cc12. The predicted octanol–water partition coefficient (Wildman–Crippen LogP) is 8.02. The number of fused-ring (bicyclic) bond motifs is 7. The van der Waals surface area contributed by atoms with Gasteiger partial charge in [0.1, 0.15) is 11.9 Å². The number of para-hydroxylation sites is 5. The second-order valence-electron chi connectivity index (χ2n) is 8.91. The summed E-state index contributed by atoms with van der Waals surface area (Å²) in [7, 11) is 0. The van der Waals surface area contributed by atoms with Crippen LogP contribution in [0.1, 0.15) is 0 Å². The van der Waals surface area contributed by atoms with E-state index in [1.54, 1.807) is 0 Å². The lowest BCUT2D eigenvalue weighted by Crippen LogP contribution is -1.93. The van der Waals surface area contributed by atoms with Gasteiger partial charge in [0.25, 0.3) is 0 Å². The molecule has 0 aliphatic carbocycles. The molecule has 3 heterocycles. The summed E-state index contributed by atoms with van der Waals surface area (Å²) in [6, 6.07) is 38.2. The van der Waals surface area contributed by atoms with E-state index < -0.39 is 0 Å². The molecule has 0 aliphatic rings. The van der Waals surface area contributed by atoms with Crippen LogP contribution in [0.3, 0.4) is 0 Å². The van der Waals surface area contributed by atoms with Crippen molar-refractivity contribution in [2.45, 2.75) is 0 Å². The van der Waals surface area contributed by atoms with E-state index in [1.807, 2.05) is 24.5 Å². The highest BCUT2D eigenvalue weighted by Crippen LogP contribution is 2.37. The van der Waals surface area contributed by atoms with Gasteiger partial charge in [0.2, 0.25) is 0 Å². The molecule has 0 saturated carbocycles. The number of hydrogen-bond acceptors (Lipinski definition) is 2. The van der Waals surface area contributed by atoms with Crippen LogP contribution in [0.5, 0.6) is 0 Å². The second kappa shape index (κ2) is 6.84. The van der Waals surface area contributed by atoms with Crippen LogP contribution in [-0.4, -0.2) is 14.1 Å². The van der Waals surface area contributed by atoms with Gasteiger partial charge in [-0.3, -0.25) is 4.57 Å². The number of hydrogen-bond donors (Lipinski definition) is 0. The van der Waals surface area contributed by atoms with E-state index in [4.69, 9.17) is 4.42 Å². The van der Waals surface area contributed by atoms with Crippen molar-refractivity contribution in [2.24, 2.45) is 0 Å². The van der Waals surface area contributed by atoms with E-state index in [-0.39, 0.29) is 0 Å². The first-order chi connectivity index (χ1) is 17.4. The first-order valence-corrected chi connectivity index (χ1v) is 11.7. The zero-order valence-electron chi connectivity index (χ0n) is 18.7. The molecule has 0 aliphatic heterocycles. The van der Waals surface area contributed by atoms with E-state index in [2.05, 4.69) is 105 Å². The maximum absolute atomic E-state index is 6.45. The molecule has 4 heteroatoms. The molecular weight excluding hydrogens is 430 g/mol. The molecule has 35 heavy (non-hydrogen) atoms. The van der Waals surface area contributed by atoms with Crippen molar-refractivity contribution in [1.29, 1.82) is 0 Å². The van der Waals surface area contributed by atoms with Crippen molar-refractivity contribution in [3.63, 3.8) is 0 Å². The topological polar surface area (TPSA) is 35.9 Å². The van der Waals surface area contributed by atoms with E-state index >= 15 is 0 Å². The van der Waals surface area contributed by atoms with Crippen molar-refractivity contribution in [1.82, 2.24) is 14.1 Å². The van der Waals surface area contributed by atoms with Gasteiger partial charge in [0, 0.05) is 27.2 Å². The van der Waals surface area contributed by atoms with Crippen LogP contribution in [0.15, 0.2) is 120 Å². The summed E-state index contributed by atoms with van der Waals surface area (Å²) in [5.74, 6) is 0. The van der Waals surface area contributed by atoms with Crippen molar-refractivity contribution >= 4 is 54.8 Å². The molecule has 5 aromatic carbocycles. The summed E-state index contributed by atoms with van der Waals surface area (Å²) in [5.41, 5.74) is 8.28. The summed E-state index contributed by atoms with van der Waals surface area (Å²) < 4.78 is 10.9. The largest absolute Gasteiger partial charge is 0.454 e. The Kier molecular flexibility index (Phi) is 3.63. The third kappa shape index (κ3) is 2.53. The van der Waals surface area contributed by atoms with E-state index in [0.29, 0.717) is 0 Å². The maximum atomic E-state index is 6.45. The summed E-state index contributed by atoms with van der Waals surface area (Å²) in [4.78, 5) is 4.58. The summed E-state index contributed by atoms with van der Waals surface area (Å²) >= 11 is 0. The Hall–Kier alpha value is -4.83. The van der Waals surface area contributed by atoms with Crippen LogP contribution in [0, 0.1) is 0 Å². The Morgan fingerprint density at radius 1 is 0.571 bits per heavy atom. The average Bonchev–Trinajstić information content (AvgIpc) is 3.60. The van der Waals surface area contributed by atoms with Gasteiger partial charge in [-0.1, -0.05) is 60.7 Å². The van der Waals surface area contributed by atoms with Crippen molar-refractivity contribution in [3.05, 3.63) is 116 Å². The minimum absolute atomic E-state index is 0.866. The van der Waals surface area contributed by atoms with Crippen molar-refractivity contribution in [2.75, 3.05) is 0 Å². The molecule has 0 saturated heterocycles. The average molecular weight is 450 g/mol. The monoisotopic (exact) mass is 449 g/mol. The first-order valence-electron chi connectivity index (χ1n) is 11.7. The number of furan rings is 1. The molecule has 0 spiro atoms. The molecule has 0 radical (unpaired) electrons. The molecule has 4 nitrogen and oxygen atoms in total. The molecule has 3 aromatic heterocycles. The Balaban J connectivity index is 1.41. The fourth-order valence-electron chi connectivity index (χ4n) is 5.45. The van der Waals surface area contributed by atoms with Crippen LogP contribution < -0.4 is 0 Å². The number of nitrogens with zero attached hydrogens (tertiary/aromatic N) is 3. The van der Waals surface area contributed by atoms with Crippen LogP contribution in [0.25, 0.3) is 66.2 Å². The minimum Gasteiger partial charge on any atom is -0.454 e. The van der Waals surface area contributed by atoms with Gasteiger partial charge in [0.15, 0.2) is 5.58 Å². The van der Waals surface area contributed by atoms with E-state index in [0.717, 1.165) is 44.3 Å². The van der Waals surface area contributed by atoms with E-state index in [9.17, 15) is 0 Å². The Labute approximate surface area is 200 Å². The lowest BCUT2D eigenvalue weighted by Gasteiger charge is -2.08. The molecule has 8 aromatic rings. The van der Waals surface area contributed by atoms with Gasteiger partial charge in [-0.05, 0) is 48.5 Å². The quantitative estimate of drug-likeness (QED) is 0.268. The summed E-state index contributed by atoms with van der Waals surface area (Å²) in [6.45, 7) is 0. The lowest BCUT2D eigenvalue weighted by atomic mass is 10.1. The molecule has 0 N–H and O–H groups in total. The molecule has 0 unspecified atom stereocenters. The zero-order chi connectivity index (χ0) is 22.9. The summed E-state index contributed by atoms with van der Waals surface area (Å²) in [6.07, 6.45) is 1.87. The number of benzene rings is 5. The van der Waals surface area contributed by atoms with Crippen LogP contribution >= 0.6 is 0 Å². The fourth-order valence-corrected chi connectivity index (χ4v) is 5.45. The van der Waals surface area contributed by atoms with Gasteiger partial charge in [-0.25, -0.2) is 4.98 Å². The Morgan fingerprint density at radius 3 is 2.06 bits per heavy atom. The van der Waals surface area contributed by atoms with Crippen LogP contribution in [-0.2, 0) is 0 Å². The normalized spacial score (nSPS) is 12.0. The summed E-state index contributed by atoms with van der Waals surface area (Å²) in [5, 5.41) is 4.72. The minimum atomic E-state index is 0.866. The Bertz CT molecular complexity index is 2020. The van der Waals surface area contributed by atoms with Gasteiger partial charge < -0.3 is 8.98 Å². The van der Waals surface area contributed by atoms with Gasteiger partial charge in [-0.2, -0.15) is 0 Å². The van der Waals surface area contributed by atoms with Crippen molar-refractivity contribution in [3.8, 4) is 11.4 Å². The smallest absolute Gasteiger partial charge is 0.159 e. The predicted molar refractivity (Wildman–Crippen MR) is 143 cm³/mol. The molecule has 0 bridgehead atoms. The Morgan fingerprint density at radius 2 is 1.26 bits per heavy atom. The highest BCUT2D eigenvalue weighted by atomic mass is 16.3. The highest BCUT2D eigenvalue weighted by Gasteiger charge is 2.16. The number of aromatic nitrogens is 3. The van der Waals surface area contributed by atoms with Crippen molar-refractivity contribution < 1.29 is 4.42 Å². The molecule has 0 amide bonds. The lowest BCUT2D eigenvalue weighted by molar-refractivity contribution is 0.665. The van der Waals surface area contributed by atoms with Gasteiger partial charge in [0.05, 0.1) is 27.8 Å². The molecule has 0 fully saturated rings. The molecular formula is C31H19N3O. The van der Waals surface area contributed by atoms with E-state index in [1.165, 1.54) is 21.8 Å². The van der Waals surface area contributed by atoms with Crippen LogP contribution in [0.2, 0.25) is 0 Å². The fraction of sp³-hybridized carbons (Fsp3) is 0. The maximum Gasteiger partial charge on any atom is 0.159 e. The highest BCUT2D eigenvalue weighted by molar-refractivity contribution is 6.11. The molecule has 164 valence electrons. The molecule has 0 atom stereocenters. The zero-order valence-corrected chi connectivity index (χ0v) is 18.7. The van der Waals surface area contributed by atoms with Gasteiger partial charge in [-0.15, -0.1) is 0 Å². The third-order valence-electron chi connectivity index (χ3n) is 7.01. The first kappa shape index (κ1) is 18.6. The number of rotatable bonds is 2. The third-order valence-corrected chi connectivity index (χ3v) is 7.01. The second-order valence-corrected chi connectivity index (χ2v) is 8.91.